The lowest BCUT2D eigenvalue weighted by molar-refractivity contribution is -0.127. The summed E-state index contributed by atoms with van der Waals surface area (Å²) in [6, 6.07) is 6.48. The molecule has 9 heteroatoms. The number of urea groups is 1. The number of esters is 1. The Morgan fingerprint density at radius 1 is 1.29 bits per heavy atom. The SMILES string of the molecule is C[C@H](OC(=O)c1ccccc1CSC1=NCCS1)C(=O)NC(=O)NC(C)(C)C. The predicted molar refractivity (Wildman–Crippen MR) is 114 cm³/mol. The molecule has 2 rings (SSSR count). The third-order valence-corrected chi connectivity index (χ3v) is 5.83. The minimum absolute atomic E-state index is 0.400. The van der Waals surface area contributed by atoms with Gasteiger partial charge in [-0.1, -0.05) is 41.7 Å². The van der Waals surface area contributed by atoms with Crippen LogP contribution in [0.15, 0.2) is 29.3 Å². The highest BCUT2D eigenvalue weighted by Crippen LogP contribution is 2.26. The largest absolute Gasteiger partial charge is 0.449 e. The van der Waals surface area contributed by atoms with Crippen molar-refractivity contribution >= 4 is 45.8 Å². The standard InChI is InChI=1S/C19H25N3O4S2/c1-12(15(23)21-17(25)22-19(2,3)4)26-16(24)14-8-6-5-7-13(14)11-28-18-20-9-10-27-18/h5-8,12H,9-11H2,1-4H3,(H2,21,22,23,25)/t12-/m0/s1. The van der Waals surface area contributed by atoms with Crippen molar-refractivity contribution in [2.45, 2.75) is 45.1 Å². The molecular weight excluding hydrogens is 398 g/mol. The fraction of sp³-hybridized carbons (Fsp3) is 0.474. The van der Waals surface area contributed by atoms with Crippen molar-refractivity contribution in [3.8, 4) is 0 Å². The van der Waals surface area contributed by atoms with E-state index >= 15 is 0 Å². The summed E-state index contributed by atoms with van der Waals surface area (Å²) in [5, 5.41) is 4.80. The topological polar surface area (TPSA) is 96.9 Å². The van der Waals surface area contributed by atoms with E-state index in [1.165, 1.54) is 6.92 Å². The van der Waals surface area contributed by atoms with Crippen LogP contribution in [0.5, 0.6) is 0 Å². The molecule has 0 bridgehead atoms. The Hall–Kier alpha value is -2.00. The number of nitrogens with zero attached hydrogens (tertiary/aromatic N) is 1. The number of hydrogen-bond donors (Lipinski definition) is 2. The fourth-order valence-electron chi connectivity index (χ4n) is 2.25. The number of ether oxygens (including phenoxy) is 1. The maximum absolute atomic E-state index is 12.5. The molecule has 1 aliphatic heterocycles. The molecule has 2 N–H and O–H groups in total. The van der Waals surface area contributed by atoms with Crippen LogP contribution in [-0.2, 0) is 15.3 Å². The van der Waals surface area contributed by atoms with Crippen LogP contribution in [0, 0.1) is 0 Å². The number of aliphatic imine (C=N–C) groups is 1. The van der Waals surface area contributed by atoms with Gasteiger partial charge in [0, 0.05) is 17.0 Å². The van der Waals surface area contributed by atoms with E-state index in [1.807, 2.05) is 12.1 Å². The molecule has 0 saturated heterocycles. The van der Waals surface area contributed by atoms with E-state index in [0.717, 1.165) is 22.2 Å². The summed E-state index contributed by atoms with van der Waals surface area (Å²) in [6.07, 6.45) is -1.10. The van der Waals surface area contributed by atoms with E-state index in [-0.39, 0.29) is 0 Å². The van der Waals surface area contributed by atoms with Gasteiger partial charge in [-0.05, 0) is 39.3 Å². The average molecular weight is 424 g/mol. The van der Waals surface area contributed by atoms with Gasteiger partial charge < -0.3 is 10.1 Å². The monoisotopic (exact) mass is 423 g/mol. The van der Waals surface area contributed by atoms with Crippen LogP contribution in [0.3, 0.4) is 0 Å². The number of hydrogen-bond acceptors (Lipinski definition) is 7. The number of rotatable bonds is 5. The summed E-state index contributed by atoms with van der Waals surface area (Å²) >= 11 is 3.29. The Balaban J connectivity index is 1.94. The Morgan fingerprint density at radius 2 is 2.00 bits per heavy atom. The van der Waals surface area contributed by atoms with E-state index in [2.05, 4.69) is 15.6 Å². The summed E-state index contributed by atoms with van der Waals surface area (Å²) < 4.78 is 6.28. The van der Waals surface area contributed by atoms with Crippen molar-refractivity contribution < 1.29 is 19.1 Å². The zero-order valence-electron chi connectivity index (χ0n) is 16.4. The Labute approximate surface area is 173 Å². The summed E-state index contributed by atoms with van der Waals surface area (Å²) in [6.45, 7) is 7.65. The number of carbonyl (C=O) groups is 3. The van der Waals surface area contributed by atoms with Gasteiger partial charge in [0.25, 0.3) is 5.91 Å². The molecule has 3 amide bonds. The smallest absolute Gasteiger partial charge is 0.339 e. The highest BCUT2D eigenvalue weighted by molar-refractivity contribution is 8.38. The van der Waals surface area contributed by atoms with Crippen LogP contribution >= 0.6 is 23.5 Å². The highest BCUT2D eigenvalue weighted by Gasteiger charge is 2.24. The number of carbonyl (C=O) groups excluding carboxylic acids is 3. The van der Waals surface area contributed by atoms with Crippen molar-refractivity contribution in [3.63, 3.8) is 0 Å². The summed E-state index contributed by atoms with van der Waals surface area (Å²) in [4.78, 5) is 40.8. The molecule has 1 atom stereocenters. The minimum Gasteiger partial charge on any atom is -0.449 e. The van der Waals surface area contributed by atoms with Crippen molar-refractivity contribution in [3.05, 3.63) is 35.4 Å². The van der Waals surface area contributed by atoms with Crippen LogP contribution in [0.1, 0.15) is 43.6 Å². The van der Waals surface area contributed by atoms with Gasteiger partial charge in [-0.3, -0.25) is 15.1 Å². The van der Waals surface area contributed by atoms with E-state index in [4.69, 9.17) is 4.74 Å². The molecule has 0 aromatic heterocycles. The lowest BCUT2D eigenvalue weighted by Crippen LogP contribution is -2.50. The molecular formula is C19H25N3O4S2. The lowest BCUT2D eigenvalue weighted by atomic mass is 10.1. The molecule has 1 aromatic rings. The van der Waals surface area contributed by atoms with Crippen LogP contribution in [0.2, 0.25) is 0 Å². The quantitative estimate of drug-likeness (QED) is 0.706. The predicted octanol–water partition coefficient (Wildman–Crippen LogP) is 3.19. The fourth-order valence-corrected chi connectivity index (χ4v) is 4.26. The molecule has 0 spiro atoms. The normalized spacial score (nSPS) is 14.8. The second-order valence-electron chi connectivity index (χ2n) is 7.18. The molecule has 1 heterocycles. The minimum atomic E-state index is -1.10. The Bertz CT molecular complexity index is 775. The van der Waals surface area contributed by atoms with Crippen molar-refractivity contribution in [1.29, 1.82) is 0 Å². The zero-order valence-corrected chi connectivity index (χ0v) is 18.0. The molecule has 0 aliphatic carbocycles. The van der Waals surface area contributed by atoms with Crippen LogP contribution < -0.4 is 10.6 Å². The Morgan fingerprint density at radius 3 is 2.64 bits per heavy atom. The van der Waals surface area contributed by atoms with Crippen molar-refractivity contribution in [2.24, 2.45) is 4.99 Å². The molecule has 1 aliphatic rings. The molecule has 0 fully saturated rings. The molecule has 0 saturated carbocycles. The van der Waals surface area contributed by atoms with E-state index in [9.17, 15) is 14.4 Å². The number of amides is 3. The maximum Gasteiger partial charge on any atom is 0.339 e. The molecule has 1 aromatic carbocycles. The third-order valence-electron chi connectivity index (χ3n) is 3.52. The number of thioether (sulfide) groups is 2. The first-order chi connectivity index (χ1) is 13.2. The molecule has 0 radical (unpaired) electrons. The first-order valence-corrected chi connectivity index (χ1v) is 10.8. The van der Waals surface area contributed by atoms with Gasteiger partial charge in [-0.15, -0.1) is 0 Å². The summed E-state index contributed by atoms with van der Waals surface area (Å²) in [7, 11) is 0. The average Bonchev–Trinajstić information content (AvgIpc) is 3.11. The van der Waals surface area contributed by atoms with Gasteiger partial charge in [0.1, 0.15) is 4.38 Å². The van der Waals surface area contributed by atoms with Crippen LogP contribution in [0.25, 0.3) is 0 Å². The van der Waals surface area contributed by atoms with Gasteiger partial charge in [0.05, 0.1) is 12.1 Å². The van der Waals surface area contributed by atoms with Gasteiger partial charge in [-0.2, -0.15) is 0 Å². The van der Waals surface area contributed by atoms with E-state index in [0.29, 0.717) is 11.3 Å². The number of benzene rings is 1. The van der Waals surface area contributed by atoms with Gasteiger partial charge >= 0.3 is 12.0 Å². The molecule has 7 nitrogen and oxygen atoms in total. The highest BCUT2D eigenvalue weighted by atomic mass is 32.2. The molecule has 28 heavy (non-hydrogen) atoms. The van der Waals surface area contributed by atoms with Crippen molar-refractivity contribution in [1.82, 2.24) is 10.6 Å². The van der Waals surface area contributed by atoms with Crippen molar-refractivity contribution in [2.75, 3.05) is 12.3 Å². The zero-order chi connectivity index (χ0) is 20.7. The van der Waals surface area contributed by atoms with E-state index in [1.54, 1.807) is 56.4 Å². The number of imide groups is 1. The Kier molecular flexibility index (Phi) is 7.94. The van der Waals surface area contributed by atoms with Gasteiger partial charge in [0.2, 0.25) is 0 Å². The molecule has 152 valence electrons. The first kappa shape index (κ1) is 22.3. The maximum atomic E-state index is 12.5. The van der Waals surface area contributed by atoms with Crippen LogP contribution in [-0.4, -0.2) is 46.2 Å². The van der Waals surface area contributed by atoms with E-state index < -0.39 is 29.6 Å². The first-order valence-electron chi connectivity index (χ1n) is 8.87. The second-order valence-corrected chi connectivity index (χ2v) is 9.49. The van der Waals surface area contributed by atoms with Crippen LogP contribution in [0.4, 0.5) is 4.79 Å². The lowest BCUT2D eigenvalue weighted by Gasteiger charge is -2.21. The summed E-state index contributed by atoms with van der Waals surface area (Å²) in [5.74, 6) is 0.294. The molecule has 0 unspecified atom stereocenters. The summed E-state index contributed by atoms with van der Waals surface area (Å²) in [5.41, 5.74) is 0.728. The third kappa shape index (κ3) is 7.20. The van der Waals surface area contributed by atoms with Gasteiger partial charge in [0.15, 0.2) is 6.10 Å². The van der Waals surface area contributed by atoms with Gasteiger partial charge in [-0.25, -0.2) is 9.59 Å². The second kappa shape index (κ2) is 9.97. The number of nitrogens with one attached hydrogen (secondary N) is 2.